The van der Waals surface area contributed by atoms with Crippen molar-refractivity contribution in [2.75, 3.05) is 0 Å². The van der Waals surface area contributed by atoms with E-state index < -0.39 is 12.1 Å². The van der Waals surface area contributed by atoms with Gasteiger partial charge in [0.25, 0.3) is 0 Å². The predicted octanol–water partition coefficient (Wildman–Crippen LogP) is 5.19. The van der Waals surface area contributed by atoms with Crippen LogP contribution in [0.2, 0.25) is 0 Å². The third-order valence-electron chi connectivity index (χ3n) is 6.37. The summed E-state index contributed by atoms with van der Waals surface area (Å²) in [6.45, 7) is 1.36. The highest BCUT2D eigenvalue weighted by Crippen LogP contribution is 2.55. The van der Waals surface area contributed by atoms with E-state index in [-0.39, 0.29) is 16.4 Å². The Bertz CT molecular complexity index is 1510. The molecule has 0 radical (unpaired) electrons. The van der Waals surface area contributed by atoms with E-state index in [2.05, 4.69) is 10.2 Å². The molecule has 0 saturated carbocycles. The topological polar surface area (TPSA) is 126 Å². The standard InChI is InChI=1S/C27H23N5O4/c1-17-24(23(16-32(35)36)31(2)29-17)27(20-10-14-22(34)15-11-20)25(18-6-4-3-5-7-18)26(28-30-27)19-8-12-21(33)13-9-19/h3-15,33-34H,16H2,1-2H3. The smallest absolute Gasteiger partial charge is 0.245 e. The third-order valence-corrected chi connectivity index (χ3v) is 6.37. The molecule has 1 aromatic heterocycles. The maximum atomic E-state index is 11.7. The molecule has 180 valence electrons. The molecule has 4 aromatic rings. The van der Waals surface area contributed by atoms with Gasteiger partial charge in [0.2, 0.25) is 6.54 Å². The van der Waals surface area contributed by atoms with E-state index in [1.807, 2.05) is 30.3 Å². The number of rotatable bonds is 6. The van der Waals surface area contributed by atoms with Crippen LogP contribution in [0.4, 0.5) is 0 Å². The first-order chi connectivity index (χ1) is 17.3. The lowest BCUT2D eigenvalue weighted by Gasteiger charge is -2.30. The lowest BCUT2D eigenvalue weighted by Crippen LogP contribution is -2.28. The number of nitro groups is 1. The molecule has 0 aliphatic carbocycles. The second-order valence-electron chi connectivity index (χ2n) is 8.62. The molecule has 9 heteroatoms. The van der Waals surface area contributed by atoms with Gasteiger partial charge in [0, 0.05) is 28.7 Å². The summed E-state index contributed by atoms with van der Waals surface area (Å²) in [6, 6.07) is 22.9. The van der Waals surface area contributed by atoms with E-state index in [0.29, 0.717) is 28.2 Å². The molecule has 1 atom stereocenters. The zero-order valence-corrected chi connectivity index (χ0v) is 19.7. The monoisotopic (exact) mass is 481 g/mol. The number of benzene rings is 3. The molecule has 36 heavy (non-hydrogen) atoms. The Hall–Kier alpha value is -4.79. The Morgan fingerprint density at radius 1 is 0.917 bits per heavy atom. The Morgan fingerprint density at radius 2 is 1.53 bits per heavy atom. The summed E-state index contributed by atoms with van der Waals surface area (Å²) in [5.74, 6) is 0.206. The number of aromatic hydroxyl groups is 2. The van der Waals surface area contributed by atoms with Crippen LogP contribution in [-0.4, -0.2) is 24.9 Å². The van der Waals surface area contributed by atoms with Gasteiger partial charge in [0.05, 0.1) is 11.4 Å². The summed E-state index contributed by atoms with van der Waals surface area (Å²) in [6.07, 6.45) is 0. The summed E-state index contributed by atoms with van der Waals surface area (Å²) in [7, 11) is 1.68. The molecule has 2 N–H and O–H groups in total. The molecule has 3 aromatic carbocycles. The van der Waals surface area contributed by atoms with Gasteiger partial charge in [-0.25, -0.2) is 0 Å². The average molecular weight is 482 g/mol. The largest absolute Gasteiger partial charge is 0.508 e. The lowest BCUT2D eigenvalue weighted by molar-refractivity contribution is -0.498. The second-order valence-corrected chi connectivity index (χ2v) is 8.62. The highest BCUT2D eigenvalue weighted by molar-refractivity contribution is 5.98. The van der Waals surface area contributed by atoms with Gasteiger partial charge in [0.1, 0.15) is 17.2 Å². The van der Waals surface area contributed by atoms with E-state index >= 15 is 0 Å². The first kappa shape index (κ1) is 23.0. The fourth-order valence-corrected chi connectivity index (χ4v) is 4.87. The van der Waals surface area contributed by atoms with Gasteiger partial charge in [-0.3, -0.25) is 14.8 Å². The molecule has 1 aliphatic heterocycles. The molecule has 0 spiro atoms. The number of nitrogens with zero attached hydrogens (tertiary/aromatic N) is 5. The number of phenolic OH excluding ortho intramolecular Hbond substituents is 2. The molecule has 2 heterocycles. The highest BCUT2D eigenvalue weighted by atomic mass is 16.6. The number of hydrogen-bond acceptors (Lipinski definition) is 7. The highest BCUT2D eigenvalue weighted by Gasteiger charge is 2.49. The second kappa shape index (κ2) is 8.77. The molecule has 1 unspecified atom stereocenters. The number of aromatic nitrogens is 2. The zero-order chi connectivity index (χ0) is 25.4. The Balaban J connectivity index is 1.92. The van der Waals surface area contributed by atoms with Crippen molar-refractivity contribution < 1.29 is 15.1 Å². The molecular formula is C27H23N5O4. The van der Waals surface area contributed by atoms with Crippen LogP contribution in [0.25, 0.3) is 11.3 Å². The number of phenols is 2. The van der Waals surface area contributed by atoms with E-state index in [9.17, 15) is 20.3 Å². The fraction of sp³-hybridized carbons (Fsp3) is 0.148. The Morgan fingerprint density at radius 3 is 2.14 bits per heavy atom. The summed E-state index contributed by atoms with van der Waals surface area (Å²) >= 11 is 0. The van der Waals surface area contributed by atoms with Crippen molar-refractivity contribution in [3.8, 4) is 11.5 Å². The van der Waals surface area contributed by atoms with Gasteiger partial charge >= 0.3 is 0 Å². The maximum absolute atomic E-state index is 11.7. The van der Waals surface area contributed by atoms with Gasteiger partial charge < -0.3 is 10.2 Å². The molecule has 9 nitrogen and oxygen atoms in total. The summed E-state index contributed by atoms with van der Waals surface area (Å²) in [5.41, 5.74) is 3.83. The fourth-order valence-electron chi connectivity index (χ4n) is 4.87. The van der Waals surface area contributed by atoms with Crippen LogP contribution >= 0.6 is 0 Å². The first-order valence-electron chi connectivity index (χ1n) is 11.3. The van der Waals surface area contributed by atoms with Gasteiger partial charge in [-0.15, -0.1) is 0 Å². The van der Waals surface area contributed by atoms with Crippen LogP contribution in [0.15, 0.2) is 89.1 Å². The molecule has 5 rings (SSSR count). The van der Waals surface area contributed by atoms with Crippen molar-refractivity contribution in [1.82, 2.24) is 9.78 Å². The maximum Gasteiger partial charge on any atom is 0.245 e. The molecule has 0 saturated heterocycles. The van der Waals surface area contributed by atoms with Gasteiger partial charge in [0.15, 0.2) is 5.54 Å². The lowest BCUT2D eigenvalue weighted by atomic mass is 9.73. The van der Waals surface area contributed by atoms with E-state index in [4.69, 9.17) is 5.11 Å². The van der Waals surface area contributed by atoms with Crippen molar-refractivity contribution in [2.45, 2.75) is 19.0 Å². The van der Waals surface area contributed by atoms with Crippen LogP contribution in [0.3, 0.4) is 0 Å². The first-order valence-corrected chi connectivity index (χ1v) is 11.3. The minimum absolute atomic E-state index is 0.0845. The van der Waals surface area contributed by atoms with Crippen molar-refractivity contribution in [3.05, 3.63) is 123 Å². The predicted molar refractivity (Wildman–Crippen MR) is 134 cm³/mol. The van der Waals surface area contributed by atoms with Gasteiger partial charge in [-0.2, -0.15) is 15.3 Å². The Labute approximate surface area is 206 Å². The molecule has 0 amide bonds. The van der Waals surface area contributed by atoms with Crippen molar-refractivity contribution >= 4 is 11.3 Å². The molecule has 0 fully saturated rings. The van der Waals surface area contributed by atoms with Crippen LogP contribution in [0.1, 0.15) is 33.6 Å². The normalized spacial score (nSPS) is 17.1. The zero-order valence-electron chi connectivity index (χ0n) is 19.7. The van der Waals surface area contributed by atoms with Crippen LogP contribution < -0.4 is 0 Å². The number of azo groups is 1. The molecular weight excluding hydrogens is 458 g/mol. The van der Waals surface area contributed by atoms with E-state index in [0.717, 1.165) is 16.7 Å². The average Bonchev–Trinajstić information content (AvgIpc) is 3.38. The van der Waals surface area contributed by atoms with Crippen molar-refractivity contribution in [3.63, 3.8) is 0 Å². The van der Waals surface area contributed by atoms with E-state index in [1.54, 1.807) is 62.5 Å². The van der Waals surface area contributed by atoms with Crippen molar-refractivity contribution in [1.29, 1.82) is 0 Å². The minimum atomic E-state index is -1.27. The minimum Gasteiger partial charge on any atom is -0.508 e. The van der Waals surface area contributed by atoms with Crippen molar-refractivity contribution in [2.24, 2.45) is 17.3 Å². The number of aryl methyl sites for hydroxylation is 2. The van der Waals surface area contributed by atoms with Crippen LogP contribution in [0.5, 0.6) is 11.5 Å². The Kier molecular flexibility index (Phi) is 5.60. The molecule has 0 bridgehead atoms. The quantitative estimate of drug-likeness (QED) is 0.289. The summed E-state index contributed by atoms with van der Waals surface area (Å²) < 4.78 is 1.52. The SMILES string of the molecule is Cc1nn(C)c(C[N+](=O)[O-])c1C1(c2ccc(O)cc2)N=NC(c2ccc(O)cc2)=C1c1ccccc1. The number of hydrogen-bond donors (Lipinski definition) is 2. The summed E-state index contributed by atoms with van der Waals surface area (Å²) in [4.78, 5) is 11.3. The van der Waals surface area contributed by atoms with Crippen LogP contribution in [0, 0.1) is 17.0 Å². The summed E-state index contributed by atoms with van der Waals surface area (Å²) in [5, 5.41) is 45.6. The van der Waals surface area contributed by atoms with Gasteiger partial charge in [-0.05, 0) is 54.4 Å². The molecule has 1 aliphatic rings. The third kappa shape index (κ3) is 3.70. The van der Waals surface area contributed by atoms with Gasteiger partial charge in [-0.1, -0.05) is 42.5 Å². The van der Waals surface area contributed by atoms with Crippen LogP contribution in [-0.2, 0) is 19.1 Å². The van der Waals surface area contributed by atoms with E-state index in [1.165, 1.54) is 4.68 Å².